The molecule has 16 heavy (non-hydrogen) atoms. The number of fused-ring (bicyclic) bond motifs is 3. The van der Waals surface area contributed by atoms with Crippen molar-refractivity contribution >= 4 is 29.6 Å². The maximum Gasteiger partial charge on any atom is 0.247 e. The van der Waals surface area contributed by atoms with Crippen molar-refractivity contribution in [3.05, 3.63) is 41.1 Å². The van der Waals surface area contributed by atoms with Gasteiger partial charge in [-0.25, -0.2) is 4.98 Å². The molecule has 1 unspecified atom stereocenters. The minimum Gasteiger partial charge on any atom is -0.366 e. The highest BCUT2D eigenvalue weighted by Crippen LogP contribution is 2.40. The Morgan fingerprint density at radius 2 is 2.44 bits per heavy atom. The second-order valence-electron chi connectivity index (χ2n) is 3.56. The molecular formula is C11H9N3OS. The van der Waals surface area contributed by atoms with Crippen LogP contribution in [0.3, 0.4) is 0 Å². The number of nitrogens with zero attached hydrogens (tertiary/aromatic N) is 2. The van der Waals surface area contributed by atoms with E-state index in [-0.39, 0.29) is 11.3 Å². The van der Waals surface area contributed by atoms with Crippen LogP contribution in [0.25, 0.3) is 6.08 Å². The molecule has 4 nitrogen and oxygen atoms in total. The van der Waals surface area contributed by atoms with Gasteiger partial charge in [0.15, 0.2) is 0 Å². The molecule has 1 amide bonds. The van der Waals surface area contributed by atoms with Crippen LogP contribution in [-0.4, -0.2) is 16.3 Å². The summed E-state index contributed by atoms with van der Waals surface area (Å²) in [6, 6.07) is 3.78. The van der Waals surface area contributed by atoms with Crippen molar-refractivity contribution in [3.8, 4) is 0 Å². The summed E-state index contributed by atoms with van der Waals surface area (Å²) >= 11 is 1.56. The van der Waals surface area contributed by atoms with Gasteiger partial charge in [0, 0.05) is 18.0 Å². The summed E-state index contributed by atoms with van der Waals surface area (Å²) in [7, 11) is 0. The Labute approximate surface area is 96.8 Å². The van der Waals surface area contributed by atoms with Gasteiger partial charge in [-0.15, -0.1) is 11.8 Å². The zero-order valence-corrected chi connectivity index (χ0v) is 9.15. The summed E-state index contributed by atoms with van der Waals surface area (Å²) in [5, 5.41) is 1.89. The third-order valence-electron chi connectivity index (χ3n) is 2.60. The lowest BCUT2D eigenvalue weighted by atomic mass is 10.1. The molecule has 0 saturated carbocycles. The van der Waals surface area contributed by atoms with E-state index in [4.69, 9.17) is 5.73 Å². The van der Waals surface area contributed by atoms with E-state index in [1.807, 2.05) is 34.7 Å². The maximum absolute atomic E-state index is 11.4. The Balaban J connectivity index is 2.19. The van der Waals surface area contributed by atoms with Gasteiger partial charge >= 0.3 is 0 Å². The normalized spacial score (nSPS) is 21.4. The number of pyridine rings is 1. The fourth-order valence-corrected chi connectivity index (χ4v) is 2.88. The molecule has 1 aromatic heterocycles. The Kier molecular flexibility index (Phi) is 2.00. The van der Waals surface area contributed by atoms with E-state index in [0.29, 0.717) is 5.57 Å². The third-order valence-corrected chi connectivity index (χ3v) is 3.62. The fourth-order valence-electron chi connectivity index (χ4n) is 1.89. The fraction of sp³-hybridized carbons (Fsp3) is 0.0909. The monoisotopic (exact) mass is 231 g/mol. The van der Waals surface area contributed by atoms with Crippen LogP contribution in [-0.2, 0) is 4.79 Å². The average molecular weight is 231 g/mol. The van der Waals surface area contributed by atoms with E-state index in [1.165, 1.54) is 0 Å². The molecular weight excluding hydrogens is 222 g/mol. The molecule has 0 aromatic carbocycles. The smallest absolute Gasteiger partial charge is 0.247 e. The summed E-state index contributed by atoms with van der Waals surface area (Å²) < 4.78 is 0. The lowest BCUT2D eigenvalue weighted by molar-refractivity contribution is -0.114. The van der Waals surface area contributed by atoms with Crippen molar-refractivity contribution in [3.63, 3.8) is 0 Å². The lowest BCUT2D eigenvalue weighted by Gasteiger charge is -2.29. The molecule has 2 N–H and O–H groups in total. The highest BCUT2D eigenvalue weighted by Gasteiger charge is 2.33. The van der Waals surface area contributed by atoms with Crippen molar-refractivity contribution in [1.29, 1.82) is 0 Å². The molecule has 0 saturated heterocycles. The second kappa shape index (κ2) is 3.38. The minimum atomic E-state index is -0.374. The number of hydrogen-bond donors (Lipinski definition) is 1. The lowest BCUT2D eigenvalue weighted by Crippen LogP contribution is -2.35. The number of thioether (sulfide) groups is 1. The Morgan fingerprint density at radius 3 is 3.25 bits per heavy atom. The Bertz CT molecular complexity index is 524. The van der Waals surface area contributed by atoms with Gasteiger partial charge < -0.3 is 10.6 Å². The van der Waals surface area contributed by atoms with Gasteiger partial charge in [0.25, 0.3) is 0 Å². The molecule has 0 fully saturated rings. The molecule has 3 heterocycles. The first-order chi connectivity index (χ1) is 7.77. The van der Waals surface area contributed by atoms with Gasteiger partial charge in [-0.3, -0.25) is 4.79 Å². The largest absolute Gasteiger partial charge is 0.366 e. The third kappa shape index (κ3) is 1.25. The minimum absolute atomic E-state index is 0.0556. The summed E-state index contributed by atoms with van der Waals surface area (Å²) in [6.07, 6.45) is 5.50. The van der Waals surface area contributed by atoms with Crippen LogP contribution in [0.4, 0.5) is 5.82 Å². The topological polar surface area (TPSA) is 59.2 Å². The van der Waals surface area contributed by atoms with Gasteiger partial charge in [-0.2, -0.15) is 0 Å². The van der Waals surface area contributed by atoms with Crippen molar-refractivity contribution < 1.29 is 4.79 Å². The summed E-state index contributed by atoms with van der Waals surface area (Å²) in [5.74, 6) is 0.499. The highest BCUT2D eigenvalue weighted by molar-refractivity contribution is 8.03. The predicted molar refractivity (Wildman–Crippen MR) is 64.4 cm³/mol. The maximum atomic E-state index is 11.4. The van der Waals surface area contributed by atoms with Crippen LogP contribution in [0.2, 0.25) is 0 Å². The Hall–Kier alpha value is -1.75. The second-order valence-corrected chi connectivity index (χ2v) is 4.55. The number of nitrogens with two attached hydrogens (primary N) is 1. The SMILES string of the molecule is NC(=O)C1=Cc2cccnc2N2C=CSC12. The first-order valence-electron chi connectivity index (χ1n) is 4.84. The number of carbonyl (C=O) groups is 1. The number of hydrogen-bond acceptors (Lipinski definition) is 4. The van der Waals surface area contributed by atoms with Crippen LogP contribution in [0.5, 0.6) is 0 Å². The zero-order chi connectivity index (χ0) is 11.1. The molecule has 0 aliphatic carbocycles. The first kappa shape index (κ1) is 9.47. The number of aromatic nitrogens is 1. The average Bonchev–Trinajstić information content (AvgIpc) is 2.76. The summed E-state index contributed by atoms with van der Waals surface area (Å²) in [6.45, 7) is 0. The van der Waals surface area contributed by atoms with Gasteiger partial charge in [0.05, 0.1) is 5.57 Å². The molecule has 5 heteroatoms. The van der Waals surface area contributed by atoms with Gasteiger partial charge in [0.2, 0.25) is 5.91 Å². The first-order valence-corrected chi connectivity index (χ1v) is 5.78. The number of primary amides is 1. The molecule has 3 rings (SSSR count). The predicted octanol–water partition coefficient (Wildman–Crippen LogP) is 1.31. The van der Waals surface area contributed by atoms with Crippen LogP contribution >= 0.6 is 11.8 Å². The molecule has 0 radical (unpaired) electrons. The quantitative estimate of drug-likeness (QED) is 0.791. The van der Waals surface area contributed by atoms with E-state index < -0.39 is 0 Å². The van der Waals surface area contributed by atoms with E-state index in [2.05, 4.69) is 4.98 Å². The van der Waals surface area contributed by atoms with Crippen LogP contribution in [0.1, 0.15) is 5.56 Å². The van der Waals surface area contributed by atoms with Crippen molar-refractivity contribution in [2.75, 3.05) is 4.90 Å². The molecule has 0 spiro atoms. The molecule has 0 bridgehead atoms. The highest BCUT2D eigenvalue weighted by atomic mass is 32.2. The van der Waals surface area contributed by atoms with E-state index in [9.17, 15) is 4.79 Å². The van der Waals surface area contributed by atoms with Crippen molar-refractivity contribution in [2.24, 2.45) is 5.73 Å². The van der Waals surface area contributed by atoms with Gasteiger partial charge in [0.1, 0.15) is 11.2 Å². The number of amides is 1. The molecule has 1 aromatic rings. The van der Waals surface area contributed by atoms with E-state index in [0.717, 1.165) is 11.4 Å². The van der Waals surface area contributed by atoms with Gasteiger partial charge in [-0.1, -0.05) is 0 Å². The van der Waals surface area contributed by atoms with Crippen molar-refractivity contribution in [1.82, 2.24) is 4.98 Å². The zero-order valence-electron chi connectivity index (χ0n) is 8.33. The molecule has 1 atom stereocenters. The van der Waals surface area contributed by atoms with Crippen LogP contribution < -0.4 is 10.6 Å². The molecule has 80 valence electrons. The number of anilines is 1. The van der Waals surface area contributed by atoms with E-state index >= 15 is 0 Å². The standard InChI is InChI=1S/C11H9N3OS/c12-9(15)8-6-7-2-1-3-13-10(7)14-4-5-16-11(8)14/h1-6,11H,(H2,12,15). The number of rotatable bonds is 1. The number of carbonyl (C=O) groups excluding carboxylic acids is 1. The van der Waals surface area contributed by atoms with Crippen molar-refractivity contribution in [2.45, 2.75) is 5.37 Å². The summed E-state index contributed by atoms with van der Waals surface area (Å²) in [4.78, 5) is 17.7. The van der Waals surface area contributed by atoms with Crippen LogP contribution in [0.15, 0.2) is 35.5 Å². The molecule has 2 aliphatic heterocycles. The van der Waals surface area contributed by atoms with E-state index in [1.54, 1.807) is 18.0 Å². The van der Waals surface area contributed by atoms with Gasteiger partial charge in [-0.05, 0) is 23.6 Å². The summed E-state index contributed by atoms with van der Waals surface area (Å²) in [5.41, 5.74) is 6.94. The molecule has 2 aliphatic rings. The Morgan fingerprint density at radius 1 is 1.56 bits per heavy atom. The van der Waals surface area contributed by atoms with Crippen LogP contribution in [0, 0.1) is 0 Å².